The van der Waals surface area contributed by atoms with Gasteiger partial charge in [-0.25, -0.2) is 4.79 Å². The molecule has 0 aliphatic carbocycles. The van der Waals surface area contributed by atoms with Gasteiger partial charge in [-0.15, -0.1) is 0 Å². The molecule has 13 heavy (non-hydrogen) atoms. The molecule has 0 amide bonds. The zero-order chi connectivity index (χ0) is 9.68. The second-order valence-electron chi connectivity index (χ2n) is 2.82. The molecule has 0 aliphatic rings. The lowest BCUT2D eigenvalue weighted by Gasteiger charge is -2.01. The molecular weight excluding hydrogens is 166 g/mol. The minimum absolute atomic E-state index is 0.328. The molecule has 0 unspecified atom stereocenters. The van der Waals surface area contributed by atoms with Crippen LogP contribution in [0.25, 0.3) is 0 Å². The number of hydrogen-bond acceptors (Lipinski definition) is 3. The maximum absolute atomic E-state index is 11.1. The first kappa shape index (κ1) is 9.71. The molecule has 0 bridgehead atoms. The van der Waals surface area contributed by atoms with Crippen molar-refractivity contribution in [1.82, 2.24) is 4.98 Å². The average Bonchev–Trinajstić information content (AvgIpc) is 2.18. The predicted octanol–water partition coefficient (Wildman–Crippen LogP) is 1.82. The molecule has 0 radical (unpaired) electrons. The van der Waals surface area contributed by atoms with E-state index in [9.17, 15) is 4.79 Å². The van der Waals surface area contributed by atoms with Crippen LogP contribution in [0.3, 0.4) is 0 Å². The van der Waals surface area contributed by atoms with Crippen LogP contribution in [-0.2, 0) is 11.2 Å². The average molecular weight is 179 g/mol. The van der Waals surface area contributed by atoms with Gasteiger partial charge >= 0.3 is 5.97 Å². The van der Waals surface area contributed by atoms with Gasteiger partial charge in [-0.05, 0) is 18.1 Å². The third kappa shape index (κ3) is 2.54. The van der Waals surface area contributed by atoms with E-state index in [0.29, 0.717) is 5.56 Å². The van der Waals surface area contributed by atoms with Gasteiger partial charge in [-0.1, -0.05) is 13.3 Å². The molecule has 0 spiro atoms. The SMILES string of the molecule is CCCc1cncc(C(=O)OC)c1. The molecule has 0 fully saturated rings. The standard InChI is InChI=1S/C10H13NO2/c1-3-4-8-5-9(7-11-6-8)10(12)13-2/h5-7H,3-4H2,1-2H3. The summed E-state index contributed by atoms with van der Waals surface area (Å²) < 4.78 is 4.59. The summed E-state index contributed by atoms with van der Waals surface area (Å²) in [6, 6.07) is 1.82. The fraction of sp³-hybridized carbons (Fsp3) is 0.400. The number of aromatic nitrogens is 1. The molecule has 70 valence electrons. The van der Waals surface area contributed by atoms with Crippen molar-refractivity contribution in [2.45, 2.75) is 19.8 Å². The van der Waals surface area contributed by atoms with Crippen LogP contribution in [0.4, 0.5) is 0 Å². The van der Waals surface area contributed by atoms with Gasteiger partial charge in [-0.2, -0.15) is 0 Å². The molecule has 0 aliphatic heterocycles. The minimum atomic E-state index is -0.328. The van der Waals surface area contributed by atoms with Crippen molar-refractivity contribution >= 4 is 5.97 Å². The summed E-state index contributed by atoms with van der Waals surface area (Å²) in [4.78, 5) is 15.1. The molecule has 1 aromatic rings. The smallest absolute Gasteiger partial charge is 0.339 e. The molecule has 1 rings (SSSR count). The normalized spacial score (nSPS) is 9.69. The summed E-state index contributed by atoms with van der Waals surface area (Å²) in [6.45, 7) is 2.09. The number of methoxy groups -OCH3 is 1. The zero-order valence-electron chi connectivity index (χ0n) is 7.91. The number of hydrogen-bond donors (Lipinski definition) is 0. The summed E-state index contributed by atoms with van der Waals surface area (Å²) in [5.41, 5.74) is 1.60. The lowest BCUT2D eigenvalue weighted by Crippen LogP contribution is -2.02. The largest absolute Gasteiger partial charge is 0.465 e. The first-order chi connectivity index (χ1) is 6.27. The topological polar surface area (TPSA) is 39.2 Å². The first-order valence-corrected chi connectivity index (χ1v) is 4.30. The Bertz CT molecular complexity index is 297. The Balaban J connectivity index is 2.85. The lowest BCUT2D eigenvalue weighted by molar-refractivity contribution is 0.0600. The van der Waals surface area contributed by atoms with E-state index in [1.807, 2.05) is 6.07 Å². The first-order valence-electron chi connectivity index (χ1n) is 4.30. The summed E-state index contributed by atoms with van der Waals surface area (Å²) in [5, 5.41) is 0. The Hall–Kier alpha value is -1.38. The zero-order valence-corrected chi connectivity index (χ0v) is 7.91. The third-order valence-electron chi connectivity index (χ3n) is 1.75. The second kappa shape index (κ2) is 4.60. The molecule has 0 saturated heterocycles. The van der Waals surface area contributed by atoms with Crippen LogP contribution in [0.5, 0.6) is 0 Å². The predicted molar refractivity (Wildman–Crippen MR) is 49.6 cm³/mol. The van der Waals surface area contributed by atoms with E-state index in [1.165, 1.54) is 13.3 Å². The fourth-order valence-electron chi connectivity index (χ4n) is 1.14. The summed E-state index contributed by atoms with van der Waals surface area (Å²) >= 11 is 0. The Labute approximate surface area is 77.8 Å². The minimum Gasteiger partial charge on any atom is -0.465 e. The molecule has 3 heteroatoms. The number of ether oxygens (including phenoxy) is 1. The van der Waals surface area contributed by atoms with Crippen molar-refractivity contribution in [3.05, 3.63) is 29.6 Å². The Morgan fingerprint density at radius 2 is 2.31 bits per heavy atom. The van der Waals surface area contributed by atoms with Gasteiger partial charge < -0.3 is 4.74 Å². The highest BCUT2D eigenvalue weighted by Crippen LogP contribution is 2.06. The lowest BCUT2D eigenvalue weighted by atomic mass is 10.1. The molecule has 0 saturated carbocycles. The second-order valence-corrected chi connectivity index (χ2v) is 2.82. The number of aryl methyl sites for hydroxylation is 1. The number of rotatable bonds is 3. The van der Waals surface area contributed by atoms with E-state index >= 15 is 0 Å². The number of carbonyl (C=O) groups is 1. The van der Waals surface area contributed by atoms with Gasteiger partial charge in [0.05, 0.1) is 12.7 Å². The van der Waals surface area contributed by atoms with Crippen molar-refractivity contribution in [2.75, 3.05) is 7.11 Å². The maximum Gasteiger partial charge on any atom is 0.339 e. The van der Waals surface area contributed by atoms with Gasteiger partial charge in [0.2, 0.25) is 0 Å². The van der Waals surface area contributed by atoms with Crippen molar-refractivity contribution in [2.24, 2.45) is 0 Å². The highest BCUT2D eigenvalue weighted by molar-refractivity contribution is 5.89. The van der Waals surface area contributed by atoms with Crippen LogP contribution in [0.2, 0.25) is 0 Å². The number of nitrogens with zero attached hydrogens (tertiary/aromatic N) is 1. The van der Waals surface area contributed by atoms with E-state index in [2.05, 4.69) is 16.6 Å². The van der Waals surface area contributed by atoms with Gasteiger partial charge in [-0.3, -0.25) is 4.98 Å². The van der Waals surface area contributed by atoms with E-state index in [1.54, 1.807) is 6.20 Å². The molecule has 3 nitrogen and oxygen atoms in total. The molecule has 1 heterocycles. The molecular formula is C10H13NO2. The fourth-order valence-corrected chi connectivity index (χ4v) is 1.14. The Kier molecular flexibility index (Phi) is 3.43. The van der Waals surface area contributed by atoms with Crippen LogP contribution in [0, 0.1) is 0 Å². The van der Waals surface area contributed by atoms with E-state index in [0.717, 1.165) is 18.4 Å². The monoisotopic (exact) mass is 179 g/mol. The molecule has 1 aromatic heterocycles. The van der Waals surface area contributed by atoms with Gasteiger partial charge in [0.25, 0.3) is 0 Å². The van der Waals surface area contributed by atoms with Crippen molar-refractivity contribution < 1.29 is 9.53 Å². The van der Waals surface area contributed by atoms with Crippen LogP contribution < -0.4 is 0 Å². The highest BCUT2D eigenvalue weighted by Gasteiger charge is 2.05. The maximum atomic E-state index is 11.1. The van der Waals surface area contributed by atoms with Crippen molar-refractivity contribution in [3.8, 4) is 0 Å². The van der Waals surface area contributed by atoms with E-state index in [-0.39, 0.29) is 5.97 Å². The number of pyridine rings is 1. The van der Waals surface area contributed by atoms with Crippen LogP contribution in [0.1, 0.15) is 29.3 Å². The summed E-state index contributed by atoms with van der Waals surface area (Å²) in [5.74, 6) is -0.328. The summed E-state index contributed by atoms with van der Waals surface area (Å²) in [6.07, 6.45) is 5.28. The van der Waals surface area contributed by atoms with Gasteiger partial charge in [0, 0.05) is 12.4 Å². The van der Waals surface area contributed by atoms with Gasteiger partial charge in [0.15, 0.2) is 0 Å². The molecule has 0 N–H and O–H groups in total. The Morgan fingerprint density at radius 1 is 1.54 bits per heavy atom. The number of carbonyl (C=O) groups excluding carboxylic acids is 1. The third-order valence-corrected chi connectivity index (χ3v) is 1.75. The van der Waals surface area contributed by atoms with Crippen LogP contribution >= 0.6 is 0 Å². The van der Waals surface area contributed by atoms with Crippen molar-refractivity contribution in [1.29, 1.82) is 0 Å². The van der Waals surface area contributed by atoms with E-state index in [4.69, 9.17) is 0 Å². The van der Waals surface area contributed by atoms with Crippen LogP contribution in [-0.4, -0.2) is 18.1 Å². The quantitative estimate of drug-likeness (QED) is 0.664. The summed E-state index contributed by atoms with van der Waals surface area (Å²) in [7, 11) is 1.37. The van der Waals surface area contributed by atoms with E-state index < -0.39 is 0 Å². The highest BCUT2D eigenvalue weighted by atomic mass is 16.5. The Morgan fingerprint density at radius 3 is 2.92 bits per heavy atom. The van der Waals surface area contributed by atoms with Gasteiger partial charge in [0.1, 0.15) is 0 Å². The molecule has 0 atom stereocenters. The number of esters is 1. The molecule has 0 aromatic carbocycles. The van der Waals surface area contributed by atoms with Crippen molar-refractivity contribution in [3.63, 3.8) is 0 Å². The van der Waals surface area contributed by atoms with Crippen LogP contribution in [0.15, 0.2) is 18.5 Å².